The second-order valence-electron chi connectivity index (χ2n) is 5.59. The van der Waals surface area contributed by atoms with E-state index >= 15 is 0 Å². The summed E-state index contributed by atoms with van der Waals surface area (Å²) in [5.41, 5.74) is 0. The van der Waals surface area contributed by atoms with Crippen molar-refractivity contribution in [2.75, 3.05) is 52.7 Å². The third-order valence-corrected chi connectivity index (χ3v) is 3.35. The van der Waals surface area contributed by atoms with Crippen LogP contribution in [0.25, 0.3) is 0 Å². The molecular formula is C15H31N3O3. The summed E-state index contributed by atoms with van der Waals surface area (Å²) in [4.78, 5) is 4.44. The Morgan fingerprint density at radius 3 is 3.00 bits per heavy atom. The van der Waals surface area contributed by atoms with Crippen LogP contribution in [0.5, 0.6) is 0 Å². The number of nitrogens with zero attached hydrogens (tertiary/aromatic N) is 1. The third-order valence-electron chi connectivity index (χ3n) is 3.35. The van der Waals surface area contributed by atoms with E-state index in [9.17, 15) is 0 Å². The highest BCUT2D eigenvalue weighted by Gasteiger charge is 2.15. The number of aliphatic hydroxyl groups excluding tert-OH is 1. The van der Waals surface area contributed by atoms with Crippen molar-refractivity contribution in [3.63, 3.8) is 0 Å². The van der Waals surface area contributed by atoms with Crippen molar-refractivity contribution >= 4 is 5.96 Å². The van der Waals surface area contributed by atoms with E-state index in [2.05, 4.69) is 15.6 Å². The summed E-state index contributed by atoms with van der Waals surface area (Å²) in [6.45, 7) is 9.78. The van der Waals surface area contributed by atoms with Gasteiger partial charge in [-0.05, 0) is 25.7 Å². The maximum absolute atomic E-state index is 9.01. The Hall–Kier alpha value is -0.850. The average Bonchev–Trinajstić information content (AvgIpc) is 3.01. The second kappa shape index (κ2) is 11.8. The van der Waals surface area contributed by atoms with Crippen molar-refractivity contribution in [3.8, 4) is 0 Å². The van der Waals surface area contributed by atoms with Gasteiger partial charge in [-0.2, -0.15) is 0 Å². The molecule has 0 bridgehead atoms. The van der Waals surface area contributed by atoms with Gasteiger partial charge in [0, 0.05) is 45.4 Å². The highest BCUT2D eigenvalue weighted by molar-refractivity contribution is 5.79. The van der Waals surface area contributed by atoms with Crippen LogP contribution >= 0.6 is 0 Å². The summed E-state index contributed by atoms with van der Waals surface area (Å²) in [5, 5.41) is 15.5. The van der Waals surface area contributed by atoms with Crippen LogP contribution < -0.4 is 10.6 Å². The van der Waals surface area contributed by atoms with Gasteiger partial charge >= 0.3 is 0 Å². The van der Waals surface area contributed by atoms with Gasteiger partial charge in [-0.15, -0.1) is 0 Å². The van der Waals surface area contributed by atoms with Crippen molar-refractivity contribution in [1.82, 2.24) is 10.6 Å². The van der Waals surface area contributed by atoms with Gasteiger partial charge in [-0.25, -0.2) is 0 Å². The maximum atomic E-state index is 9.01. The molecule has 0 radical (unpaired) electrons. The fraction of sp³-hybridized carbons (Fsp3) is 0.933. The average molecular weight is 301 g/mol. The molecule has 0 saturated carbocycles. The number of ether oxygens (including phenoxy) is 2. The lowest BCUT2D eigenvalue weighted by atomic mass is 10.1. The van der Waals surface area contributed by atoms with Crippen LogP contribution in [0.2, 0.25) is 0 Å². The van der Waals surface area contributed by atoms with E-state index in [-0.39, 0.29) is 12.5 Å². The molecule has 0 amide bonds. The van der Waals surface area contributed by atoms with Gasteiger partial charge in [-0.1, -0.05) is 6.92 Å². The molecule has 1 rings (SSSR count). The molecule has 21 heavy (non-hydrogen) atoms. The summed E-state index contributed by atoms with van der Waals surface area (Å²) < 4.78 is 11.0. The predicted octanol–water partition coefficient (Wildman–Crippen LogP) is 0.613. The lowest BCUT2D eigenvalue weighted by Gasteiger charge is -2.13. The van der Waals surface area contributed by atoms with E-state index in [1.54, 1.807) is 0 Å². The van der Waals surface area contributed by atoms with Gasteiger partial charge in [0.2, 0.25) is 0 Å². The zero-order valence-corrected chi connectivity index (χ0v) is 13.4. The van der Waals surface area contributed by atoms with E-state index in [1.165, 1.54) is 0 Å². The van der Waals surface area contributed by atoms with Crippen molar-refractivity contribution in [2.24, 2.45) is 16.8 Å². The quantitative estimate of drug-likeness (QED) is 0.313. The molecular weight excluding hydrogens is 270 g/mol. The topological polar surface area (TPSA) is 75.1 Å². The van der Waals surface area contributed by atoms with Gasteiger partial charge in [0.15, 0.2) is 5.96 Å². The molecule has 0 aromatic rings. The van der Waals surface area contributed by atoms with Crippen LogP contribution in [0.4, 0.5) is 0 Å². The third kappa shape index (κ3) is 8.90. The van der Waals surface area contributed by atoms with Gasteiger partial charge in [0.1, 0.15) is 0 Å². The number of hydrogen-bond acceptors (Lipinski definition) is 4. The van der Waals surface area contributed by atoms with Crippen molar-refractivity contribution in [1.29, 1.82) is 0 Å². The lowest BCUT2D eigenvalue weighted by molar-refractivity contribution is 0.0888. The minimum Gasteiger partial charge on any atom is -0.396 e. The molecule has 6 nitrogen and oxygen atoms in total. The lowest BCUT2D eigenvalue weighted by Crippen LogP contribution is -2.38. The summed E-state index contributed by atoms with van der Waals surface area (Å²) >= 11 is 0. The Morgan fingerprint density at radius 1 is 1.48 bits per heavy atom. The Morgan fingerprint density at radius 2 is 2.33 bits per heavy atom. The molecule has 1 aliphatic rings. The molecule has 2 unspecified atom stereocenters. The fourth-order valence-electron chi connectivity index (χ4n) is 1.99. The zero-order chi connectivity index (χ0) is 15.3. The molecule has 1 heterocycles. The highest BCUT2D eigenvalue weighted by atomic mass is 16.5. The summed E-state index contributed by atoms with van der Waals surface area (Å²) in [7, 11) is 0. The molecule has 0 aliphatic carbocycles. The van der Waals surface area contributed by atoms with Crippen LogP contribution in [0.15, 0.2) is 4.99 Å². The first-order valence-electron chi connectivity index (χ1n) is 8.04. The van der Waals surface area contributed by atoms with Gasteiger partial charge in [-0.3, -0.25) is 4.99 Å². The Bertz CT molecular complexity index is 281. The van der Waals surface area contributed by atoms with E-state index in [0.29, 0.717) is 12.5 Å². The normalized spacial score (nSPS) is 20.5. The Labute approximate surface area is 128 Å². The van der Waals surface area contributed by atoms with E-state index < -0.39 is 0 Å². The summed E-state index contributed by atoms with van der Waals surface area (Å²) in [6.07, 6.45) is 2.08. The SMILES string of the molecule is CCNC(=NCC(C)CO)NCCCOCC1CCOC1. The molecule has 0 aromatic carbocycles. The molecule has 124 valence electrons. The minimum atomic E-state index is 0.168. The smallest absolute Gasteiger partial charge is 0.191 e. The predicted molar refractivity (Wildman–Crippen MR) is 84.6 cm³/mol. The number of rotatable bonds is 10. The summed E-state index contributed by atoms with van der Waals surface area (Å²) in [5.74, 6) is 1.58. The van der Waals surface area contributed by atoms with Crippen molar-refractivity contribution in [3.05, 3.63) is 0 Å². The Balaban J connectivity index is 2.06. The van der Waals surface area contributed by atoms with Gasteiger partial charge in [0.25, 0.3) is 0 Å². The zero-order valence-electron chi connectivity index (χ0n) is 13.4. The van der Waals surface area contributed by atoms with Crippen molar-refractivity contribution < 1.29 is 14.6 Å². The standard InChI is InChI=1S/C15H31N3O3/c1-3-16-15(18-9-13(2)10-19)17-6-4-7-20-11-14-5-8-21-12-14/h13-14,19H,3-12H2,1-2H3,(H2,16,17,18). The number of aliphatic hydroxyl groups is 1. The van der Waals surface area contributed by atoms with Crippen LogP contribution in [0, 0.1) is 11.8 Å². The van der Waals surface area contributed by atoms with Crippen LogP contribution in [-0.4, -0.2) is 63.7 Å². The van der Waals surface area contributed by atoms with Crippen LogP contribution in [0.1, 0.15) is 26.7 Å². The molecule has 0 spiro atoms. The van der Waals surface area contributed by atoms with Crippen molar-refractivity contribution in [2.45, 2.75) is 26.7 Å². The van der Waals surface area contributed by atoms with E-state index in [1.807, 2.05) is 13.8 Å². The number of guanidine groups is 1. The second-order valence-corrected chi connectivity index (χ2v) is 5.59. The maximum Gasteiger partial charge on any atom is 0.191 e. The molecule has 1 saturated heterocycles. The number of hydrogen-bond donors (Lipinski definition) is 3. The first-order valence-corrected chi connectivity index (χ1v) is 8.04. The van der Waals surface area contributed by atoms with E-state index in [4.69, 9.17) is 14.6 Å². The van der Waals surface area contributed by atoms with E-state index in [0.717, 1.165) is 58.3 Å². The molecule has 1 aliphatic heterocycles. The molecule has 0 aromatic heterocycles. The number of aliphatic imine (C=N–C) groups is 1. The minimum absolute atomic E-state index is 0.168. The fourth-order valence-corrected chi connectivity index (χ4v) is 1.99. The first-order chi connectivity index (χ1) is 10.3. The monoisotopic (exact) mass is 301 g/mol. The van der Waals surface area contributed by atoms with Gasteiger partial charge < -0.3 is 25.2 Å². The number of nitrogens with one attached hydrogen (secondary N) is 2. The van der Waals surface area contributed by atoms with Crippen LogP contribution in [-0.2, 0) is 9.47 Å². The molecule has 6 heteroatoms. The summed E-state index contributed by atoms with van der Waals surface area (Å²) in [6, 6.07) is 0. The molecule has 1 fully saturated rings. The van der Waals surface area contributed by atoms with Gasteiger partial charge in [0.05, 0.1) is 13.2 Å². The largest absolute Gasteiger partial charge is 0.396 e. The highest BCUT2D eigenvalue weighted by Crippen LogP contribution is 2.12. The van der Waals surface area contributed by atoms with Crippen LogP contribution in [0.3, 0.4) is 0 Å². The Kier molecular flexibility index (Phi) is 10.2. The molecule has 2 atom stereocenters. The first kappa shape index (κ1) is 18.2. The molecule has 3 N–H and O–H groups in total.